The molecule has 2 heterocycles. The van der Waals surface area contributed by atoms with Gasteiger partial charge in [-0.15, -0.1) is 0 Å². The number of aromatic nitrogens is 1. The van der Waals surface area contributed by atoms with Crippen molar-refractivity contribution < 1.29 is 4.79 Å². The molecule has 1 saturated heterocycles. The molecule has 4 rings (SSSR count). The summed E-state index contributed by atoms with van der Waals surface area (Å²) in [6.07, 6.45) is 5.89. The molecular weight excluding hydrogens is 380 g/mol. The van der Waals surface area contributed by atoms with E-state index in [4.69, 9.17) is 11.6 Å². The molecule has 0 spiro atoms. The van der Waals surface area contributed by atoms with Crippen LogP contribution in [0, 0.1) is 5.92 Å². The molecule has 1 aromatic heterocycles. The van der Waals surface area contributed by atoms with Gasteiger partial charge in [-0.1, -0.05) is 41.9 Å². The number of Topliss-reactive ketones (excluding diaryl/α,β-unsaturated/α-hetero) is 1. The maximum Gasteiger partial charge on any atom is 0.165 e. The van der Waals surface area contributed by atoms with Crippen molar-refractivity contribution in [1.82, 2.24) is 9.47 Å². The zero-order chi connectivity index (χ0) is 20.4. The Hall–Kier alpha value is -2.10. The van der Waals surface area contributed by atoms with Gasteiger partial charge in [0.15, 0.2) is 5.78 Å². The normalized spacial score (nSPS) is 16.9. The van der Waals surface area contributed by atoms with Crippen molar-refractivity contribution in [1.29, 1.82) is 0 Å². The molecule has 1 aliphatic rings. The van der Waals surface area contributed by atoms with Crippen LogP contribution in [0.15, 0.2) is 54.7 Å². The zero-order valence-corrected chi connectivity index (χ0v) is 18.0. The topological polar surface area (TPSA) is 25.2 Å². The Kier molecular flexibility index (Phi) is 6.07. The molecule has 0 amide bonds. The second-order valence-corrected chi connectivity index (χ2v) is 8.78. The van der Waals surface area contributed by atoms with Crippen LogP contribution in [0.25, 0.3) is 10.9 Å². The Bertz CT molecular complexity index is 987. The highest BCUT2D eigenvalue weighted by atomic mass is 35.5. The molecule has 0 N–H and O–H groups in total. The molecule has 1 unspecified atom stereocenters. The van der Waals surface area contributed by atoms with Gasteiger partial charge in [-0.2, -0.15) is 0 Å². The zero-order valence-electron chi connectivity index (χ0n) is 17.3. The molecule has 0 aliphatic carbocycles. The first-order valence-corrected chi connectivity index (χ1v) is 11.0. The van der Waals surface area contributed by atoms with Crippen molar-refractivity contribution in [3.8, 4) is 0 Å². The fourth-order valence-corrected chi connectivity index (χ4v) is 4.80. The number of hydrogen-bond acceptors (Lipinski definition) is 2. The molecule has 0 saturated carbocycles. The van der Waals surface area contributed by atoms with Crippen molar-refractivity contribution in [2.24, 2.45) is 13.0 Å². The number of carbonyl (C=O) groups is 1. The highest BCUT2D eigenvalue weighted by Crippen LogP contribution is 2.30. The van der Waals surface area contributed by atoms with Gasteiger partial charge in [-0.05, 0) is 69.0 Å². The third kappa shape index (κ3) is 4.41. The predicted octanol–water partition coefficient (Wildman–Crippen LogP) is 6.27. The lowest BCUT2D eigenvalue weighted by Crippen LogP contribution is -2.35. The third-order valence-electron chi connectivity index (χ3n) is 6.51. The first-order valence-electron chi connectivity index (χ1n) is 10.6. The van der Waals surface area contributed by atoms with Crippen molar-refractivity contribution in [2.45, 2.75) is 38.6 Å². The number of halogens is 1. The molecule has 2 aromatic carbocycles. The SMILES string of the molecule is CC(c1ccccc1)N1CCC(CCC(=O)c2cn(C)c3ccc(Cl)cc23)CC1. The van der Waals surface area contributed by atoms with Crippen molar-refractivity contribution in [3.63, 3.8) is 0 Å². The van der Waals surface area contributed by atoms with Crippen molar-refractivity contribution in [2.75, 3.05) is 13.1 Å². The van der Waals surface area contributed by atoms with E-state index >= 15 is 0 Å². The van der Waals surface area contributed by atoms with Gasteiger partial charge in [0.2, 0.25) is 0 Å². The highest BCUT2D eigenvalue weighted by molar-refractivity contribution is 6.31. The van der Waals surface area contributed by atoms with Crippen LogP contribution in [-0.2, 0) is 7.05 Å². The molecular formula is C25H29ClN2O. The third-order valence-corrected chi connectivity index (χ3v) is 6.75. The second kappa shape index (κ2) is 8.73. The average Bonchev–Trinajstić information content (AvgIpc) is 3.08. The van der Waals surface area contributed by atoms with Crippen LogP contribution in [0.1, 0.15) is 54.6 Å². The van der Waals surface area contributed by atoms with Gasteiger partial charge in [-0.3, -0.25) is 9.69 Å². The number of piperidine rings is 1. The Morgan fingerprint density at radius 2 is 1.86 bits per heavy atom. The Labute approximate surface area is 178 Å². The van der Waals surface area contributed by atoms with E-state index in [9.17, 15) is 4.79 Å². The first kappa shape index (κ1) is 20.2. The standard InChI is InChI=1S/C25H29ClN2O/c1-18(20-6-4-3-5-7-20)28-14-12-19(13-15-28)8-11-25(29)23-17-27(2)24-10-9-21(26)16-22(23)24/h3-7,9-10,16-19H,8,11-15H2,1-2H3. The molecule has 4 heteroatoms. The van der Waals surface area contributed by atoms with Crippen LogP contribution in [-0.4, -0.2) is 28.3 Å². The van der Waals surface area contributed by atoms with Gasteiger partial charge in [0.1, 0.15) is 0 Å². The Morgan fingerprint density at radius 1 is 1.14 bits per heavy atom. The number of carbonyl (C=O) groups excluding carboxylic acids is 1. The summed E-state index contributed by atoms with van der Waals surface area (Å²) in [6, 6.07) is 17.0. The Balaban J connectivity index is 1.33. The summed E-state index contributed by atoms with van der Waals surface area (Å²) < 4.78 is 2.02. The first-order chi connectivity index (χ1) is 14.0. The van der Waals surface area contributed by atoms with Gasteiger partial charge in [-0.25, -0.2) is 0 Å². The van der Waals surface area contributed by atoms with Crippen molar-refractivity contribution in [3.05, 3.63) is 70.9 Å². The van der Waals surface area contributed by atoms with E-state index in [2.05, 4.69) is 42.2 Å². The minimum atomic E-state index is 0.234. The average molecular weight is 409 g/mol. The fourth-order valence-electron chi connectivity index (χ4n) is 4.63. The Morgan fingerprint density at radius 3 is 2.59 bits per heavy atom. The number of rotatable bonds is 6. The molecule has 1 aliphatic heterocycles. The maximum atomic E-state index is 12.9. The van der Waals surface area contributed by atoms with Crippen LogP contribution >= 0.6 is 11.6 Å². The van der Waals surface area contributed by atoms with E-state index in [0.717, 1.165) is 36.0 Å². The lowest BCUT2D eigenvalue weighted by atomic mass is 9.89. The lowest BCUT2D eigenvalue weighted by molar-refractivity contribution is 0.0953. The van der Waals surface area contributed by atoms with Crippen LogP contribution in [0.5, 0.6) is 0 Å². The summed E-state index contributed by atoms with van der Waals surface area (Å²) in [5.74, 6) is 0.870. The van der Waals surface area contributed by atoms with Crippen molar-refractivity contribution >= 4 is 28.3 Å². The summed E-state index contributed by atoms with van der Waals surface area (Å²) >= 11 is 6.16. The van der Waals surface area contributed by atoms with Gasteiger partial charge in [0.25, 0.3) is 0 Å². The van der Waals surface area contributed by atoms with E-state index in [1.165, 1.54) is 18.4 Å². The van der Waals surface area contributed by atoms with Gasteiger partial charge in [0, 0.05) is 47.2 Å². The van der Waals surface area contributed by atoms with Crippen LogP contribution in [0.3, 0.4) is 0 Å². The molecule has 3 aromatic rings. The van der Waals surface area contributed by atoms with E-state index in [1.54, 1.807) is 0 Å². The molecule has 3 nitrogen and oxygen atoms in total. The largest absolute Gasteiger partial charge is 0.350 e. The lowest BCUT2D eigenvalue weighted by Gasteiger charge is -2.36. The molecule has 152 valence electrons. The minimum Gasteiger partial charge on any atom is -0.350 e. The number of aryl methyl sites for hydroxylation is 1. The number of ketones is 1. The quantitative estimate of drug-likeness (QED) is 0.449. The number of likely N-dealkylation sites (tertiary alicyclic amines) is 1. The van der Waals surface area contributed by atoms with E-state index in [0.29, 0.717) is 23.4 Å². The number of nitrogens with zero attached hydrogens (tertiary/aromatic N) is 2. The summed E-state index contributed by atoms with van der Waals surface area (Å²) in [5, 5.41) is 1.65. The number of fused-ring (bicyclic) bond motifs is 1. The van der Waals surface area contributed by atoms with E-state index in [-0.39, 0.29) is 5.78 Å². The monoisotopic (exact) mass is 408 g/mol. The van der Waals surface area contributed by atoms with E-state index < -0.39 is 0 Å². The molecule has 0 bridgehead atoms. The predicted molar refractivity (Wildman–Crippen MR) is 121 cm³/mol. The summed E-state index contributed by atoms with van der Waals surface area (Å²) in [6.45, 7) is 4.52. The summed E-state index contributed by atoms with van der Waals surface area (Å²) in [5.41, 5.74) is 3.25. The fraction of sp³-hybridized carbons (Fsp3) is 0.400. The van der Waals surface area contributed by atoms with Crippen LogP contribution in [0.2, 0.25) is 5.02 Å². The summed E-state index contributed by atoms with van der Waals surface area (Å²) in [4.78, 5) is 15.5. The molecule has 1 fully saturated rings. The smallest absolute Gasteiger partial charge is 0.165 e. The number of hydrogen-bond donors (Lipinski definition) is 0. The van der Waals surface area contributed by atoms with Gasteiger partial charge < -0.3 is 4.57 Å². The van der Waals surface area contributed by atoms with E-state index in [1.807, 2.05) is 36.0 Å². The van der Waals surface area contributed by atoms with Gasteiger partial charge in [0.05, 0.1) is 0 Å². The molecule has 0 radical (unpaired) electrons. The molecule has 29 heavy (non-hydrogen) atoms. The van der Waals surface area contributed by atoms with Crippen LogP contribution < -0.4 is 0 Å². The van der Waals surface area contributed by atoms with Gasteiger partial charge >= 0.3 is 0 Å². The summed E-state index contributed by atoms with van der Waals surface area (Å²) in [7, 11) is 1.98. The highest BCUT2D eigenvalue weighted by Gasteiger charge is 2.24. The maximum absolute atomic E-state index is 12.9. The molecule has 1 atom stereocenters. The number of benzene rings is 2. The van der Waals surface area contributed by atoms with Crippen LogP contribution in [0.4, 0.5) is 0 Å². The minimum absolute atomic E-state index is 0.234. The second-order valence-electron chi connectivity index (χ2n) is 8.34.